The molecular weight excluding hydrogens is 212 g/mol. The molecule has 4 atom stereocenters. The predicted molar refractivity (Wildman–Crippen MR) is 66.7 cm³/mol. The maximum absolute atomic E-state index is 11.9. The number of carbonyl (C=O) groups excluding carboxylic acids is 1. The van der Waals surface area contributed by atoms with Crippen LogP contribution >= 0.6 is 0 Å². The fourth-order valence-electron chi connectivity index (χ4n) is 3.88. The summed E-state index contributed by atoms with van der Waals surface area (Å²) in [7, 11) is 0. The first-order chi connectivity index (χ1) is 7.97. The van der Waals surface area contributed by atoms with Crippen LogP contribution in [0.1, 0.15) is 47.0 Å². The Hall–Kier alpha value is -0.630. The first kappa shape index (κ1) is 11.5. The van der Waals surface area contributed by atoms with Gasteiger partial charge in [0.15, 0.2) is 5.78 Å². The molecule has 0 radical (unpaired) electrons. The van der Waals surface area contributed by atoms with E-state index in [-0.39, 0.29) is 11.7 Å². The van der Waals surface area contributed by atoms with Crippen molar-refractivity contribution in [3.63, 3.8) is 0 Å². The minimum Gasteiger partial charge on any atom is -0.361 e. The second-order valence-electron chi connectivity index (χ2n) is 6.44. The number of fused-ring (bicyclic) bond motifs is 3. The Morgan fingerprint density at radius 1 is 1.41 bits per heavy atom. The van der Waals surface area contributed by atoms with Gasteiger partial charge in [-0.05, 0) is 48.7 Å². The lowest BCUT2D eigenvalue weighted by Gasteiger charge is -2.19. The molecule has 1 saturated heterocycles. The molecule has 4 unspecified atom stereocenters. The summed E-state index contributed by atoms with van der Waals surface area (Å²) in [5.74, 6) is 2.01. The molecule has 94 valence electrons. The largest absolute Gasteiger partial charge is 0.361 e. The molecule has 3 aliphatic rings. The second-order valence-corrected chi connectivity index (χ2v) is 6.44. The third-order valence-electron chi connectivity index (χ3n) is 5.32. The second kappa shape index (κ2) is 3.44. The van der Waals surface area contributed by atoms with Crippen LogP contribution in [0.5, 0.6) is 0 Å². The molecular formula is C15H22O2. The van der Waals surface area contributed by atoms with Crippen molar-refractivity contribution in [2.75, 3.05) is 0 Å². The van der Waals surface area contributed by atoms with Crippen molar-refractivity contribution in [3.05, 3.63) is 11.1 Å². The van der Waals surface area contributed by atoms with E-state index >= 15 is 0 Å². The molecule has 1 aliphatic heterocycles. The molecule has 2 aliphatic carbocycles. The Labute approximate surface area is 103 Å². The first-order valence-electron chi connectivity index (χ1n) is 6.89. The SMILES string of the molecule is CC1=C2C(CC1=O)C(C)CCC1(C(C)C)OC21. The van der Waals surface area contributed by atoms with Gasteiger partial charge in [0.2, 0.25) is 0 Å². The highest BCUT2D eigenvalue weighted by Crippen LogP contribution is 2.58. The lowest BCUT2D eigenvalue weighted by molar-refractivity contribution is -0.115. The average Bonchev–Trinajstić information content (AvgIpc) is 2.94. The van der Waals surface area contributed by atoms with Crippen molar-refractivity contribution in [3.8, 4) is 0 Å². The summed E-state index contributed by atoms with van der Waals surface area (Å²) in [4.78, 5) is 11.9. The van der Waals surface area contributed by atoms with Crippen molar-refractivity contribution < 1.29 is 9.53 Å². The zero-order valence-corrected chi connectivity index (χ0v) is 11.2. The molecule has 0 aromatic heterocycles. The third-order valence-corrected chi connectivity index (χ3v) is 5.32. The number of allylic oxidation sites excluding steroid dienone is 1. The van der Waals surface area contributed by atoms with E-state index in [2.05, 4.69) is 20.8 Å². The molecule has 3 rings (SSSR count). The number of hydrogen-bond donors (Lipinski definition) is 0. The van der Waals surface area contributed by atoms with E-state index in [1.54, 1.807) is 0 Å². The van der Waals surface area contributed by atoms with Crippen molar-refractivity contribution in [1.29, 1.82) is 0 Å². The molecule has 0 amide bonds. The minimum absolute atomic E-state index is 0.0597. The number of ether oxygens (including phenoxy) is 1. The fourth-order valence-corrected chi connectivity index (χ4v) is 3.88. The van der Waals surface area contributed by atoms with Crippen molar-refractivity contribution in [2.45, 2.75) is 58.7 Å². The topological polar surface area (TPSA) is 29.6 Å². The molecule has 0 spiro atoms. The smallest absolute Gasteiger partial charge is 0.159 e. The van der Waals surface area contributed by atoms with Crippen LogP contribution in [-0.4, -0.2) is 17.5 Å². The van der Waals surface area contributed by atoms with E-state index in [4.69, 9.17) is 4.74 Å². The third kappa shape index (κ3) is 1.40. The summed E-state index contributed by atoms with van der Waals surface area (Å²) in [5.41, 5.74) is 2.43. The Kier molecular flexibility index (Phi) is 2.32. The molecule has 0 aromatic carbocycles. The summed E-state index contributed by atoms with van der Waals surface area (Å²) in [5, 5.41) is 0. The van der Waals surface area contributed by atoms with Gasteiger partial charge in [0.1, 0.15) is 11.7 Å². The van der Waals surface area contributed by atoms with Gasteiger partial charge >= 0.3 is 0 Å². The molecule has 2 heteroatoms. The predicted octanol–water partition coefficient (Wildman–Crippen LogP) is 3.12. The Morgan fingerprint density at radius 2 is 2.12 bits per heavy atom. The number of carbonyl (C=O) groups is 1. The number of ketones is 1. The lowest BCUT2D eigenvalue weighted by atomic mass is 9.85. The van der Waals surface area contributed by atoms with Gasteiger partial charge in [-0.25, -0.2) is 0 Å². The summed E-state index contributed by atoms with van der Waals surface area (Å²) >= 11 is 0. The first-order valence-corrected chi connectivity index (χ1v) is 6.89. The van der Waals surface area contributed by atoms with Gasteiger partial charge in [0.05, 0.1) is 0 Å². The van der Waals surface area contributed by atoms with Crippen LogP contribution in [0, 0.1) is 17.8 Å². The maximum atomic E-state index is 11.9. The summed E-state index contributed by atoms with van der Waals surface area (Å²) in [6.07, 6.45) is 3.35. The van der Waals surface area contributed by atoms with Gasteiger partial charge in [-0.15, -0.1) is 0 Å². The van der Waals surface area contributed by atoms with E-state index in [1.807, 2.05) is 6.92 Å². The highest BCUT2D eigenvalue weighted by atomic mass is 16.6. The Morgan fingerprint density at radius 3 is 2.76 bits per heavy atom. The summed E-state index contributed by atoms with van der Waals surface area (Å²) in [6, 6.07) is 0. The average molecular weight is 234 g/mol. The number of rotatable bonds is 1. The zero-order chi connectivity index (χ0) is 12.4. The van der Waals surface area contributed by atoms with Gasteiger partial charge in [0.25, 0.3) is 0 Å². The highest BCUT2D eigenvalue weighted by Gasteiger charge is 2.63. The van der Waals surface area contributed by atoms with Gasteiger partial charge in [0, 0.05) is 6.42 Å². The summed E-state index contributed by atoms with van der Waals surface area (Å²) < 4.78 is 6.08. The van der Waals surface area contributed by atoms with E-state index in [1.165, 1.54) is 12.0 Å². The zero-order valence-electron chi connectivity index (χ0n) is 11.2. The van der Waals surface area contributed by atoms with Gasteiger partial charge in [-0.3, -0.25) is 4.79 Å². The van der Waals surface area contributed by atoms with Gasteiger partial charge in [-0.2, -0.15) is 0 Å². The molecule has 2 fully saturated rings. The van der Waals surface area contributed by atoms with Gasteiger partial charge in [-0.1, -0.05) is 20.8 Å². The minimum atomic E-state index is 0.0597. The number of Topliss-reactive ketones (excluding diaryl/α,β-unsaturated/α-hetero) is 1. The molecule has 17 heavy (non-hydrogen) atoms. The normalized spacial score (nSPS) is 44.8. The highest BCUT2D eigenvalue weighted by molar-refractivity contribution is 5.99. The molecule has 0 aromatic rings. The number of epoxide rings is 1. The molecule has 1 saturated carbocycles. The molecule has 2 nitrogen and oxygen atoms in total. The van der Waals surface area contributed by atoms with Crippen molar-refractivity contribution in [2.24, 2.45) is 17.8 Å². The van der Waals surface area contributed by atoms with Crippen LogP contribution in [0.15, 0.2) is 11.1 Å². The monoisotopic (exact) mass is 234 g/mol. The Balaban J connectivity index is 2.02. The standard InChI is InChI=1S/C15H22O2/c1-8(2)15-6-5-9(3)11-7-12(16)10(4)13(11)14(15)17-15/h8-9,11,14H,5-7H2,1-4H3. The van der Waals surface area contributed by atoms with Crippen LogP contribution in [0.2, 0.25) is 0 Å². The maximum Gasteiger partial charge on any atom is 0.159 e. The van der Waals surface area contributed by atoms with E-state index in [0.717, 1.165) is 18.4 Å². The van der Waals surface area contributed by atoms with Crippen LogP contribution in [0.3, 0.4) is 0 Å². The molecule has 1 heterocycles. The van der Waals surface area contributed by atoms with E-state index in [9.17, 15) is 4.79 Å². The van der Waals surface area contributed by atoms with Crippen molar-refractivity contribution >= 4 is 5.78 Å². The van der Waals surface area contributed by atoms with Crippen LogP contribution in [0.25, 0.3) is 0 Å². The molecule has 0 bridgehead atoms. The molecule has 0 N–H and O–H groups in total. The van der Waals surface area contributed by atoms with E-state index < -0.39 is 0 Å². The quantitative estimate of drug-likeness (QED) is 0.652. The van der Waals surface area contributed by atoms with Crippen LogP contribution < -0.4 is 0 Å². The van der Waals surface area contributed by atoms with Crippen molar-refractivity contribution in [1.82, 2.24) is 0 Å². The summed E-state index contributed by atoms with van der Waals surface area (Å²) in [6.45, 7) is 8.80. The lowest BCUT2D eigenvalue weighted by Crippen LogP contribution is -2.22. The van der Waals surface area contributed by atoms with Gasteiger partial charge < -0.3 is 4.74 Å². The van der Waals surface area contributed by atoms with E-state index in [0.29, 0.717) is 23.5 Å². The fraction of sp³-hybridized carbons (Fsp3) is 0.800. The number of hydrogen-bond acceptors (Lipinski definition) is 2. The van der Waals surface area contributed by atoms with Crippen LogP contribution in [0.4, 0.5) is 0 Å². The van der Waals surface area contributed by atoms with Crippen LogP contribution in [-0.2, 0) is 9.53 Å². The Bertz CT molecular complexity index is 407.